The van der Waals surface area contributed by atoms with Crippen LogP contribution in [0, 0.1) is 12.8 Å². The third kappa shape index (κ3) is 3.90. The summed E-state index contributed by atoms with van der Waals surface area (Å²) in [6, 6.07) is 9.32. The monoisotopic (exact) mass is 444 g/mol. The molecule has 0 amide bonds. The summed E-state index contributed by atoms with van der Waals surface area (Å²) < 4.78 is 9.81. The zero-order valence-electron chi connectivity index (χ0n) is 17.5. The summed E-state index contributed by atoms with van der Waals surface area (Å²) in [6.07, 6.45) is 0.102. The Balaban J connectivity index is 1.64. The molecule has 1 N–H and O–H groups in total. The number of hydrogen-bond donors (Lipinski definition) is 1. The Labute approximate surface area is 182 Å². The fraction of sp³-hybridized carbons (Fsp3) is 0.450. The van der Waals surface area contributed by atoms with Crippen molar-refractivity contribution in [2.75, 3.05) is 6.61 Å². The lowest BCUT2D eigenvalue weighted by molar-refractivity contribution is -0.148. The molecule has 3 atom stereocenters. The fourth-order valence-electron chi connectivity index (χ4n) is 3.88. The molecule has 1 aliphatic rings. The Hall–Kier alpha value is -2.92. The molecule has 0 saturated heterocycles. The molecule has 2 heterocycles. The molecule has 1 fully saturated rings. The van der Waals surface area contributed by atoms with Crippen molar-refractivity contribution in [2.45, 2.75) is 43.2 Å². The van der Waals surface area contributed by atoms with Crippen molar-refractivity contribution in [3.05, 3.63) is 46.4 Å². The van der Waals surface area contributed by atoms with Gasteiger partial charge in [-0.3, -0.25) is 14.3 Å². The highest BCUT2D eigenvalue weighted by atomic mass is 32.2. The van der Waals surface area contributed by atoms with Crippen LogP contribution in [0.2, 0.25) is 0 Å². The van der Waals surface area contributed by atoms with E-state index in [0.29, 0.717) is 36.0 Å². The second-order valence-corrected chi connectivity index (χ2v) is 8.63. The van der Waals surface area contributed by atoms with E-state index < -0.39 is 6.10 Å². The molecule has 11 heteroatoms. The van der Waals surface area contributed by atoms with Crippen LogP contribution >= 0.6 is 11.8 Å². The molecule has 0 radical (unpaired) electrons. The van der Waals surface area contributed by atoms with Crippen LogP contribution in [0.25, 0.3) is 11.4 Å². The fourth-order valence-corrected chi connectivity index (χ4v) is 5.06. The van der Waals surface area contributed by atoms with Gasteiger partial charge in [-0.05, 0) is 49.2 Å². The zero-order valence-corrected chi connectivity index (χ0v) is 18.3. The van der Waals surface area contributed by atoms with Crippen molar-refractivity contribution in [1.82, 2.24) is 29.6 Å². The Morgan fingerprint density at radius 2 is 2.03 bits per heavy atom. The molecular weight excluding hydrogens is 420 g/mol. The number of rotatable bonds is 6. The quantitative estimate of drug-likeness (QED) is 0.565. The van der Waals surface area contributed by atoms with Crippen molar-refractivity contribution in [2.24, 2.45) is 13.0 Å². The normalized spacial score (nSPS) is 20.8. The van der Waals surface area contributed by atoms with Gasteiger partial charge in [0.1, 0.15) is 0 Å². The van der Waals surface area contributed by atoms with Crippen molar-refractivity contribution in [3.8, 4) is 11.4 Å². The van der Waals surface area contributed by atoms with Gasteiger partial charge in [-0.1, -0.05) is 30.0 Å². The zero-order chi connectivity index (χ0) is 22.1. The number of carbonyl (C=O) groups is 1. The van der Waals surface area contributed by atoms with Gasteiger partial charge in [-0.2, -0.15) is 4.68 Å². The van der Waals surface area contributed by atoms with Gasteiger partial charge in [0.25, 0.3) is 5.56 Å². The number of aliphatic hydroxyl groups excluding tert-OH is 1. The molecule has 31 heavy (non-hydrogen) atoms. The maximum Gasteiger partial charge on any atom is 0.309 e. The Kier molecular flexibility index (Phi) is 5.96. The summed E-state index contributed by atoms with van der Waals surface area (Å²) >= 11 is 1.27. The third-order valence-corrected chi connectivity index (χ3v) is 6.80. The first-order chi connectivity index (χ1) is 14.9. The van der Waals surface area contributed by atoms with Crippen LogP contribution in [0.15, 0.2) is 40.3 Å². The average molecular weight is 445 g/mol. The molecule has 10 nitrogen and oxygen atoms in total. The first-order valence-corrected chi connectivity index (χ1v) is 10.9. The lowest BCUT2D eigenvalue weighted by Crippen LogP contribution is -2.22. The number of benzene rings is 1. The highest BCUT2D eigenvalue weighted by Gasteiger charge is 2.39. The number of nitrogens with zero attached hydrogens (tertiary/aromatic N) is 6. The van der Waals surface area contributed by atoms with Crippen LogP contribution in [0.4, 0.5) is 0 Å². The maximum atomic E-state index is 13.3. The number of para-hydroxylation sites is 1. The van der Waals surface area contributed by atoms with Crippen LogP contribution in [0.1, 0.15) is 25.5 Å². The van der Waals surface area contributed by atoms with Crippen LogP contribution in [-0.2, 0) is 16.6 Å². The first-order valence-electron chi connectivity index (χ1n) is 10.1. The van der Waals surface area contributed by atoms with Crippen LogP contribution < -0.4 is 5.56 Å². The molecule has 1 aromatic carbocycles. The summed E-state index contributed by atoms with van der Waals surface area (Å²) in [5, 5.41) is 22.4. The number of thioether (sulfide) groups is 1. The van der Waals surface area contributed by atoms with Gasteiger partial charge in [0.05, 0.1) is 30.0 Å². The molecular formula is C20H24N6O4S. The lowest BCUT2D eigenvalue weighted by atomic mass is 10.1. The van der Waals surface area contributed by atoms with E-state index in [0.717, 1.165) is 5.69 Å². The van der Waals surface area contributed by atoms with E-state index in [9.17, 15) is 14.7 Å². The largest absolute Gasteiger partial charge is 0.466 e. The van der Waals surface area contributed by atoms with Gasteiger partial charge in [0.2, 0.25) is 5.16 Å². The Morgan fingerprint density at radius 3 is 2.74 bits per heavy atom. The summed E-state index contributed by atoms with van der Waals surface area (Å²) in [7, 11) is 1.80. The van der Waals surface area contributed by atoms with Gasteiger partial charge < -0.3 is 9.84 Å². The van der Waals surface area contributed by atoms with Crippen molar-refractivity contribution >= 4 is 17.7 Å². The predicted octanol–water partition coefficient (Wildman–Crippen LogP) is 1.25. The van der Waals surface area contributed by atoms with E-state index in [2.05, 4.69) is 15.5 Å². The molecule has 2 aromatic heterocycles. The third-order valence-electron chi connectivity index (χ3n) is 5.53. The van der Waals surface area contributed by atoms with Gasteiger partial charge in [-0.25, -0.2) is 4.68 Å². The summed E-state index contributed by atoms with van der Waals surface area (Å²) in [6.45, 7) is 3.89. The van der Waals surface area contributed by atoms with Gasteiger partial charge in [0, 0.05) is 12.3 Å². The topological polar surface area (TPSA) is 117 Å². The number of ether oxygens (including phenoxy) is 1. The molecule has 4 rings (SSSR count). The number of tetrazole rings is 1. The lowest BCUT2D eigenvalue weighted by Gasteiger charge is -2.12. The van der Waals surface area contributed by atoms with Crippen molar-refractivity contribution in [3.63, 3.8) is 0 Å². The number of esters is 1. The van der Waals surface area contributed by atoms with Crippen molar-refractivity contribution in [1.29, 1.82) is 0 Å². The van der Waals surface area contributed by atoms with E-state index in [1.807, 2.05) is 37.3 Å². The average Bonchev–Trinajstić information content (AvgIpc) is 3.41. The first kappa shape index (κ1) is 21.3. The minimum Gasteiger partial charge on any atom is -0.466 e. The van der Waals surface area contributed by atoms with E-state index in [-0.39, 0.29) is 22.7 Å². The predicted molar refractivity (Wildman–Crippen MR) is 113 cm³/mol. The molecule has 3 aromatic rings. The second kappa shape index (κ2) is 8.67. The summed E-state index contributed by atoms with van der Waals surface area (Å²) in [4.78, 5) is 25.3. The standard InChI is InChI=1S/C20H24N6O4S/c1-4-30-19(29)13-10-15(27)16(11-13)31-20-21-22-23-25(20)17-12(2)24(3)26(18(17)28)14-8-6-5-7-9-14/h5-9,13,15-16,27H,4,10-11H2,1-3H3/t13-,15+,16+/m1/s1. The van der Waals surface area contributed by atoms with Crippen molar-refractivity contribution < 1.29 is 14.6 Å². The maximum absolute atomic E-state index is 13.3. The minimum absolute atomic E-state index is 0.253. The van der Waals surface area contributed by atoms with Gasteiger partial charge in [0.15, 0.2) is 5.69 Å². The molecule has 1 saturated carbocycles. The smallest absolute Gasteiger partial charge is 0.309 e. The number of aromatic nitrogens is 6. The summed E-state index contributed by atoms with van der Waals surface area (Å²) in [5.41, 5.74) is 1.51. The second-order valence-electron chi connectivity index (χ2n) is 7.43. The number of aliphatic hydroxyl groups is 1. The Morgan fingerprint density at radius 1 is 1.29 bits per heavy atom. The van der Waals surface area contributed by atoms with E-state index in [1.54, 1.807) is 23.3 Å². The van der Waals surface area contributed by atoms with Crippen LogP contribution in [0.3, 0.4) is 0 Å². The van der Waals surface area contributed by atoms with E-state index >= 15 is 0 Å². The van der Waals surface area contributed by atoms with E-state index in [4.69, 9.17) is 4.74 Å². The van der Waals surface area contributed by atoms with Crippen LogP contribution in [0.5, 0.6) is 0 Å². The minimum atomic E-state index is -0.692. The van der Waals surface area contributed by atoms with Crippen LogP contribution in [-0.4, -0.2) is 58.6 Å². The van der Waals surface area contributed by atoms with Gasteiger partial charge in [-0.15, -0.1) is 5.10 Å². The molecule has 1 aliphatic carbocycles. The molecule has 0 unspecified atom stereocenters. The number of carbonyl (C=O) groups excluding carboxylic acids is 1. The number of hydrogen-bond acceptors (Lipinski definition) is 8. The SMILES string of the molecule is CCOC(=O)[C@H]1C[C@H](Sc2nnnn2-c2c(C)n(C)n(-c3ccccc3)c2=O)[C@@H](O)C1. The van der Waals surface area contributed by atoms with Gasteiger partial charge >= 0.3 is 5.97 Å². The molecule has 0 aliphatic heterocycles. The highest BCUT2D eigenvalue weighted by molar-refractivity contribution is 7.99. The Bertz CT molecular complexity index is 1140. The molecule has 0 bridgehead atoms. The molecule has 0 spiro atoms. The molecule has 164 valence electrons. The van der Waals surface area contributed by atoms with E-state index in [1.165, 1.54) is 16.4 Å². The summed E-state index contributed by atoms with van der Waals surface area (Å²) in [5.74, 6) is -0.653. The highest BCUT2D eigenvalue weighted by Crippen LogP contribution is 2.38.